The minimum absolute atomic E-state index is 0.237. The molecular formula is C18H23NOS. The monoisotopic (exact) mass is 301 g/mol. The van der Waals surface area contributed by atoms with Crippen LogP contribution in [-0.2, 0) is 4.79 Å². The lowest BCUT2D eigenvalue weighted by atomic mass is 9.89. The van der Waals surface area contributed by atoms with E-state index in [9.17, 15) is 4.79 Å². The summed E-state index contributed by atoms with van der Waals surface area (Å²) in [5.74, 6) is 2.28. The van der Waals surface area contributed by atoms with E-state index in [1.165, 1.54) is 42.0 Å². The number of allylic oxidation sites excluding steroid dienone is 4. The molecule has 0 amide bonds. The van der Waals surface area contributed by atoms with Gasteiger partial charge in [-0.05, 0) is 62.0 Å². The summed E-state index contributed by atoms with van der Waals surface area (Å²) in [6.45, 7) is 4.38. The minimum Gasteiger partial charge on any atom is -0.295 e. The van der Waals surface area contributed by atoms with E-state index in [0.717, 1.165) is 5.92 Å². The molecule has 0 saturated heterocycles. The summed E-state index contributed by atoms with van der Waals surface area (Å²) in [6.07, 6.45) is 11.7. The van der Waals surface area contributed by atoms with Gasteiger partial charge in [-0.3, -0.25) is 4.79 Å². The molecule has 3 rings (SSSR count). The smallest absolute Gasteiger partial charge is 0.159 e. The van der Waals surface area contributed by atoms with Crippen molar-refractivity contribution in [3.05, 3.63) is 39.9 Å². The summed E-state index contributed by atoms with van der Waals surface area (Å²) in [4.78, 5) is 15.9. The van der Waals surface area contributed by atoms with E-state index in [1.807, 2.05) is 6.08 Å². The van der Waals surface area contributed by atoms with Crippen molar-refractivity contribution in [3.63, 3.8) is 0 Å². The van der Waals surface area contributed by atoms with Crippen molar-refractivity contribution in [1.82, 2.24) is 4.98 Å². The van der Waals surface area contributed by atoms with Gasteiger partial charge in [0.05, 0.1) is 10.7 Å². The zero-order valence-electron chi connectivity index (χ0n) is 12.8. The van der Waals surface area contributed by atoms with Crippen molar-refractivity contribution >= 4 is 17.1 Å². The van der Waals surface area contributed by atoms with Gasteiger partial charge in [-0.2, -0.15) is 0 Å². The number of hydrogen-bond acceptors (Lipinski definition) is 3. The normalized spacial score (nSPS) is 27.0. The molecule has 1 saturated carbocycles. The fraction of sp³-hybridized carbons (Fsp3) is 0.556. The van der Waals surface area contributed by atoms with E-state index in [4.69, 9.17) is 0 Å². The number of nitrogens with zero attached hydrogens (tertiary/aromatic N) is 1. The van der Waals surface area contributed by atoms with Crippen LogP contribution in [0.4, 0.5) is 0 Å². The fourth-order valence-corrected chi connectivity index (χ4v) is 4.40. The molecule has 112 valence electrons. The molecule has 0 spiro atoms. The average molecular weight is 301 g/mol. The van der Waals surface area contributed by atoms with Gasteiger partial charge in [-0.15, -0.1) is 11.3 Å². The Morgan fingerprint density at radius 1 is 1.38 bits per heavy atom. The van der Waals surface area contributed by atoms with E-state index in [-0.39, 0.29) is 5.78 Å². The van der Waals surface area contributed by atoms with Gasteiger partial charge in [-0.25, -0.2) is 4.98 Å². The van der Waals surface area contributed by atoms with E-state index in [2.05, 4.69) is 30.3 Å². The Balaban J connectivity index is 1.55. The largest absolute Gasteiger partial charge is 0.295 e. The highest BCUT2D eigenvalue weighted by molar-refractivity contribution is 7.09. The van der Waals surface area contributed by atoms with Crippen LogP contribution in [-0.4, -0.2) is 10.8 Å². The lowest BCUT2D eigenvalue weighted by molar-refractivity contribution is -0.113. The summed E-state index contributed by atoms with van der Waals surface area (Å²) in [7, 11) is 0. The molecule has 0 radical (unpaired) electrons. The van der Waals surface area contributed by atoms with Gasteiger partial charge in [0.1, 0.15) is 0 Å². The van der Waals surface area contributed by atoms with Crippen LogP contribution in [0.3, 0.4) is 0 Å². The molecule has 2 nitrogen and oxygen atoms in total. The van der Waals surface area contributed by atoms with Gasteiger partial charge in [0, 0.05) is 11.8 Å². The van der Waals surface area contributed by atoms with Gasteiger partial charge in [-0.1, -0.05) is 19.1 Å². The number of ketones is 1. The summed E-state index contributed by atoms with van der Waals surface area (Å²) in [5.41, 5.74) is 2.66. The van der Waals surface area contributed by atoms with Gasteiger partial charge < -0.3 is 0 Å². The topological polar surface area (TPSA) is 30.0 Å². The van der Waals surface area contributed by atoms with E-state index in [0.29, 0.717) is 18.3 Å². The van der Waals surface area contributed by atoms with Crippen LogP contribution in [0.1, 0.15) is 55.6 Å². The maximum Gasteiger partial charge on any atom is 0.159 e. The third kappa shape index (κ3) is 3.52. The third-order valence-corrected chi connectivity index (χ3v) is 5.63. The number of thiazole rings is 1. The zero-order chi connectivity index (χ0) is 14.8. The van der Waals surface area contributed by atoms with E-state index >= 15 is 0 Å². The average Bonchev–Trinajstić information content (AvgIpc) is 3.09. The Hall–Kier alpha value is -1.22. The van der Waals surface area contributed by atoms with Crippen LogP contribution >= 0.6 is 11.3 Å². The molecule has 2 aliphatic carbocycles. The molecule has 0 aromatic carbocycles. The van der Waals surface area contributed by atoms with Crippen LogP contribution in [0, 0.1) is 18.8 Å². The lowest BCUT2D eigenvalue weighted by Gasteiger charge is -2.17. The summed E-state index contributed by atoms with van der Waals surface area (Å²) in [5, 5.41) is 3.38. The molecule has 1 fully saturated rings. The number of aromatic nitrogens is 1. The molecule has 0 N–H and O–H groups in total. The molecule has 21 heavy (non-hydrogen) atoms. The molecular weight excluding hydrogens is 278 g/mol. The Labute approximate surface area is 131 Å². The fourth-order valence-electron chi connectivity index (χ4n) is 3.67. The van der Waals surface area contributed by atoms with Crippen molar-refractivity contribution < 1.29 is 4.79 Å². The van der Waals surface area contributed by atoms with Crippen LogP contribution < -0.4 is 0 Å². The van der Waals surface area contributed by atoms with Crippen LogP contribution in [0.2, 0.25) is 0 Å². The van der Waals surface area contributed by atoms with E-state index < -0.39 is 0 Å². The van der Waals surface area contributed by atoms with Crippen molar-refractivity contribution in [2.45, 2.75) is 51.9 Å². The first-order chi connectivity index (χ1) is 10.1. The second kappa shape index (κ2) is 6.27. The van der Waals surface area contributed by atoms with Gasteiger partial charge in [0.15, 0.2) is 5.78 Å². The molecule has 1 aromatic rings. The Morgan fingerprint density at radius 2 is 2.24 bits per heavy atom. The number of rotatable bonds is 4. The number of carbonyl (C=O) groups is 1. The first-order valence-corrected chi connectivity index (χ1v) is 8.82. The molecule has 2 aliphatic rings. The summed E-state index contributed by atoms with van der Waals surface area (Å²) >= 11 is 1.75. The van der Waals surface area contributed by atoms with Crippen molar-refractivity contribution in [3.8, 4) is 0 Å². The second-order valence-electron chi connectivity index (χ2n) is 6.51. The third-order valence-electron chi connectivity index (χ3n) is 4.84. The maximum atomic E-state index is 11.3. The predicted molar refractivity (Wildman–Crippen MR) is 87.6 cm³/mol. The number of aryl methyl sites for hydroxylation is 1. The maximum absolute atomic E-state index is 11.3. The highest BCUT2D eigenvalue weighted by Gasteiger charge is 2.28. The zero-order valence-corrected chi connectivity index (χ0v) is 13.7. The Morgan fingerprint density at radius 3 is 2.90 bits per heavy atom. The molecule has 3 atom stereocenters. The highest BCUT2D eigenvalue weighted by atomic mass is 32.1. The quantitative estimate of drug-likeness (QED) is 0.798. The SMILES string of the molecule is Cc1nc([C@@H](C)CC2CC[C@H](C3=CCC(=O)C=C3)C2)cs1. The van der Waals surface area contributed by atoms with Crippen molar-refractivity contribution in [1.29, 1.82) is 0 Å². The van der Waals surface area contributed by atoms with Crippen LogP contribution in [0.25, 0.3) is 0 Å². The first kappa shape index (κ1) is 14.7. The summed E-state index contributed by atoms with van der Waals surface area (Å²) < 4.78 is 0. The van der Waals surface area contributed by atoms with Crippen LogP contribution in [0.15, 0.2) is 29.2 Å². The van der Waals surface area contributed by atoms with E-state index in [1.54, 1.807) is 17.4 Å². The second-order valence-corrected chi connectivity index (χ2v) is 7.57. The highest BCUT2D eigenvalue weighted by Crippen LogP contribution is 2.41. The molecule has 0 bridgehead atoms. The van der Waals surface area contributed by atoms with Gasteiger partial charge in [0.25, 0.3) is 0 Å². The van der Waals surface area contributed by atoms with Gasteiger partial charge in [0.2, 0.25) is 0 Å². The predicted octanol–water partition coefficient (Wildman–Crippen LogP) is 4.82. The summed E-state index contributed by atoms with van der Waals surface area (Å²) in [6, 6.07) is 0. The Kier molecular flexibility index (Phi) is 4.39. The van der Waals surface area contributed by atoms with Gasteiger partial charge >= 0.3 is 0 Å². The molecule has 0 aliphatic heterocycles. The Bertz CT molecular complexity index is 584. The van der Waals surface area contributed by atoms with Crippen molar-refractivity contribution in [2.24, 2.45) is 11.8 Å². The standard InChI is InChI=1S/C18H23NOS/c1-12(18-11-21-13(2)19-18)9-14-3-4-16(10-14)15-5-7-17(20)8-6-15/h5-7,11-12,14,16H,3-4,8-10H2,1-2H3/t12-,14?,16-/m0/s1. The minimum atomic E-state index is 0.237. The molecule has 1 heterocycles. The van der Waals surface area contributed by atoms with Crippen LogP contribution in [0.5, 0.6) is 0 Å². The molecule has 1 aromatic heterocycles. The number of carbonyl (C=O) groups excluding carboxylic acids is 1. The van der Waals surface area contributed by atoms with Crippen molar-refractivity contribution in [2.75, 3.05) is 0 Å². The molecule has 1 unspecified atom stereocenters. The number of hydrogen-bond donors (Lipinski definition) is 0. The molecule has 3 heteroatoms. The lowest BCUT2D eigenvalue weighted by Crippen LogP contribution is -2.06. The first-order valence-electron chi connectivity index (χ1n) is 7.95.